The highest BCUT2D eigenvalue weighted by molar-refractivity contribution is 5.81. The lowest BCUT2D eigenvalue weighted by Gasteiger charge is -2.55. The summed E-state index contributed by atoms with van der Waals surface area (Å²) in [6.07, 6.45) is 9.52. The molecule has 0 aliphatic heterocycles. The zero-order chi connectivity index (χ0) is 13.0. The third-order valence-corrected chi connectivity index (χ3v) is 5.99. The van der Waals surface area contributed by atoms with Crippen molar-refractivity contribution in [1.82, 2.24) is 10.6 Å². The van der Waals surface area contributed by atoms with E-state index < -0.39 is 0 Å². The van der Waals surface area contributed by atoms with Gasteiger partial charge in [0.25, 0.3) is 0 Å². The van der Waals surface area contributed by atoms with E-state index in [1.807, 2.05) is 6.92 Å². The summed E-state index contributed by atoms with van der Waals surface area (Å²) in [5.74, 6) is 3.95. The number of carbonyl (C=O) groups is 1. The van der Waals surface area contributed by atoms with Gasteiger partial charge in [-0.15, -0.1) is 0 Å². The van der Waals surface area contributed by atoms with Crippen LogP contribution in [0, 0.1) is 23.7 Å². The topological polar surface area (TPSA) is 41.1 Å². The standard InChI is InChI=1S/C16H26N2O/c1-9(16(19)18-14-2-3-14)17-15-12-5-10-4-11(7-12)8-13(15)6-10/h9-15,17H,2-8H2,1H3,(H,18,19). The SMILES string of the molecule is CC(NC1C2CC3CC(C2)CC1C3)C(=O)NC1CC1. The molecule has 1 atom stereocenters. The van der Waals surface area contributed by atoms with Crippen LogP contribution in [0.25, 0.3) is 0 Å². The Morgan fingerprint density at radius 2 is 1.58 bits per heavy atom. The Kier molecular flexibility index (Phi) is 2.87. The van der Waals surface area contributed by atoms with Crippen molar-refractivity contribution in [3.8, 4) is 0 Å². The summed E-state index contributed by atoms with van der Waals surface area (Å²) < 4.78 is 0. The summed E-state index contributed by atoms with van der Waals surface area (Å²) in [5, 5.41) is 6.81. The van der Waals surface area contributed by atoms with E-state index in [9.17, 15) is 4.79 Å². The molecule has 19 heavy (non-hydrogen) atoms. The predicted octanol–water partition coefficient (Wildman–Crippen LogP) is 2.07. The molecule has 3 heteroatoms. The van der Waals surface area contributed by atoms with E-state index in [0.717, 1.165) is 23.7 Å². The van der Waals surface area contributed by atoms with Gasteiger partial charge in [0.2, 0.25) is 5.91 Å². The van der Waals surface area contributed by atoms with Crippen molar-refractivity contribution in [2.24, 2.45) is 23.7 Å². The Bertz CT molecular complexity index is 349. The molecule has 5 aliphatic carbocycles. The monoisotopic (exact) mass is 262 g/mol. The first-order chi connectivity index (χ1) is 9.19. The molecule has 1 amide bonds. The van der Waals surface area contributed by atoms with Gasteiger partial charge in [0, 0.05) is 12.1 Å². The Labute approximate surface area is 115 Å². The third-order valence-electron chi connectivity index (χ3n) is 5.99. The molecule has 3 nitrogen and oxygen atoms in total. The van der Waals surface area contributed by atoms with E-state index in [1.165, 1.54) is 44.9 Å². The smallest absolute Gasteiger partial charge is 0.237 e. The van der Waals surface area contributed by atoms with Gasteiger partial charge in [-0.25, -0.2) is 0 Å². The molecule has 0 spiro atoms. The van der Waals surface area contributed by atoms with E-state index in [1.54, 1.807) is 0 Å². The van der Waals surface area contributed by atoms with E-state index in [0.29, 0.717) is 12.1 Å². The fourth-order valence-electron chi connectivity index (χ4n) is 5.12. The molecule has 5 saturated carbocycles. The lowest BCUT2D eigenvalue weighted by atomic mass is 9.54. The van der Waals surface area contributed by atoms with Crippen LogP contribution in [0.15, 0.2) is 0 Å². The average Bonchev–Trinajstić information content (AvgIpc) is 3.16. The highest BCUT2D eigenvalue weighted by Crippen LogP contribution is 2.53. The lowest BCUT2D eigenvalue weighted by molar-refractivity contribution is -0.124. The second-order valence-electron chi connectivity index (χ2n) is 7.63. The summed E-state index contributed by atoms with van der Waals surface area (Å²) in [5.41, 5.74) is 0. The lowest BCUT2D eigenvalue weighted by Crippen LogP contribution is -2.58. The van der Waals surface area contributed by atoms with Crippen molar-refractivity contribution in [1.29, 1.82) is 0 Å². The number of rotatable bonds is 4. The van der Waals surface area contributed by atoms with Gasteiger partial charge in [-0.05, 0) is 75.5 Å². The summed E-state index contributed by atoms with van der Waals surface area (Å²) >= 11 is 0. The molecule has 0 saturated heterocycles. The minimum atomic E-state index is -0.0110. The summed E-state index contributed by atoms with van der Waals surface area (Å²) in [7, 11) is 0. The Morgan fingerprint density at radius 1 is 1.00 bits per heavy atom. The first-order valence-corrected chi connectivity index (χ1v) is 8.25. The first-order valence-electron chi connectivity index (χ1n) is 8.25. The van der Waals surface area contributed by atoms with E-state index in [2.05, 4.69) is 10.6 Å². The van der Waals surface area contributed by atoms with Crippen molar-refractivity contribution in [3.63, 3.8) is 0 Å². The van der Waals surface area contributed by atoms with Gasteiger partial charge >= 0.3 is 0 Å². The molecule has 0 aromatic rings. The van der Waals surface area contributed by atoms with Crippen LogP contribution in [0.5, 0.6) is 0 Å². The van der Waals surface area contributed by atoms with Crippen molar-refractivity contribution in [2.45, 2.75) is 70.0 Å². The Morgan fingerprint density at radius 3 is 2.11 bits per heavy atom. The zero-order valence-corrected chi connectivity index (χ0v) is 11.9. The van der Waals surface area contributed by atoms with Crippen LogP contribution in [0.4, 0.5) is 0 Å². The van der Waals surface area contributed by atoms with Crippen LogP contribution in [0.2, 0.25) is 0 Å². The minimum absolute atomic E-state index is 0.0110. The largest absolute Gasteiger partial charge is 0.352 e. The quantitative estimate of drug-likeness (QED) is 0.814. The fraction of sp³-hybridized carbons (Fsp3) is 0.938. The Hall–Kier alpha value is -0.570. The van der Waals surface area contributed by atoms with E-state index in [-0.39, 0.29) is 11.9 Å². The molecule has 5 aliphatic rings. The number of amides is 1. The maximum absolute atomic E-state index is 12.1. The molecular weight excluding hydrogens is 236 g/mol. The van der Waals surface area contributed by atoms with Gasteiger partial charge in [0.05, 0.1) is 6.04 Å². The minimum Gasteiger partial charge on any atom is -0.352 e. The Balaban J connectivity index is 1.38. The maximum Gasteiger partial charge on any atom is 0.237 e. The van der Waals surface area contributed by atoms with Crippen molar-refractivity contribution in [2.75, 3.05) is 0 Å². The average molecular weight is 262 g/mol. The fourth-order valence-corrected chi connectivity index (χ4v) is 5.12. The van der Waals surface area contributed by atoms with Crippen LogP contribution in [0.3, 0.4) is 0 Å². The van der Waals surface area contributed by atoms with Crippen LogP contribution in [-0.2, 0) is 4.79 Å². The van der Waals surface area contributed by atoms with Crippen molar-refractivity contribution < 1.29 is 4.79 Å². The molecule has 0 heterocycles. The van der Waals surface area contributed by atoms with Gasteiger partial charge in [0.1, 0.15) is 0 Å². The molecule has 0 radical (unpaired) electrons. The molecule has 106 valence electrons. The molecule has 2 N–H and O–H groups in total. The highest BCUT2D eigenvalue weighted by Gasteiger charge is 2.48. The van der Waals surface area contributed by atoms with Crippen molar-refractivity contribution in [3.05, 3.63) is 0 Å². The third kappa shape index (κ3) is 2.31. The van der Waals surface area contributed by atoms with Gasteiger partial charge in [-0.2, -0.15) is 0 Å². The van der Waals surface area contributed by atoms with Crippen LogP contribution >= 0.6 is 0 Å². The van der Waals surface area contributed by atoms with Crippen LogP contribution in [-0.4, -0.2) is 24.0 Å². The van der Waals surface area contributed by atoms with Gasteiger partial charge in [-0.1, -0.05) is 0 Å². The van der Waals surface area contributed by atoms with E-state index >= 15 is 0 Å². The number of carbonyl (C=O) groups excluding carboxylic acids is 1. The molecule has 0 aromatic carbocycles. The maximum atomic E-state index is 12.1. The molecule has 4 bridgehead atoms. The number of nitrogens with one attached hydrogen (secondary N) is 2. The second kappa shape index (κ2) is 4.47. The number of hydrogen-bond donors (Lipinski definition) is 2. The molecular formula is C16H26N2O. The van der Waals surface area contributed by atoms with Gasteiger partial charge in [0.15, 0.2) is 0 Å². The molecule has 5 fully saturated rings. The summed E-state index contributed by atoms with van der Waals surface area (Å²) in [6, 6.07) is 1.09. The van der Waals surface area contributed by atoms with Gasteiger partial charge < -0.3 is 10.6 Å². The second-order valence-corrected chi connectivity index (χ2v) is 7.63. The summed E-state index contributed by atoms with van der Waals surface area (Å²) in [6.45, 7) is 2.04. The summed E-state index contributed by atoms with van der Waals surface area (Å²) in [4.78, 5) is 12.1. The first kappa shape index (κ1) is 12.2. The van der Waals surface area contributed by atoms with Crippen LogP contribution in [0.1, 0.15) is 51.9 Å². The zero-order valence-electron chi connectivity index (χ0n) is 11.9. The molecule has 1 unspecified atom stereocenters. The van der Waals surface area contributed by atoms with E-state index in [4.69, 9.17) is 0 Å². The normalized spacial score (nSPS) is 45.2. The molecule has 0 aromatic heterocycles. The van der Waals surface area contributed by atoms with Crippen molar-refractivity contribution >= 4 is 5.91 Å². The molecule has 5 rings (SSSR count). The predicted molar refractivity (Wildman–Crippen MR) is 74.6 cm³/mol. The highest BCUT2D eigenvalue weighted by atomic mass is 16.2. The number of hydrogen-bond acceptors (Lipinski definition) is 2. The van der Waals surface area contributed by atoms with Crippen LogP contribution < -0.4 is 10.6 Å². The van der Waals surface area contributed by atoms with Gasteiger partial charge in [-0.3, -0.25) is 4.79 Å².